The maximum absolute atomic E-state index is 10.9. The first kappa shape index (κ1) is 14.7. The number of carbonyl (C=O) groups excluding carboxylic acids is 1. The summed E-state index contributed by atoms with van der Waals surface area (Å²) in [5.74, 6) is -0.798. The van der Waals surface area contributed by atoms with Crippen LogP contribution >= 0.6 is 0 Å². The van der Waals surface area contributed by atoms with Gasteiger partial charge in [0, 0.05) is 0 Å². The molecule has 0 aliphatic heterocycles. The van der Waals surface area contributed by atoms with Gasteiger partial charge in [0.05, 0.1) is 6.10 Å². The first-order chi connectivity index (χ1) is 6.69. The van der Waals surface area contributed by atoms with E-state index in [1.165, 1.54) is 0 Å². The monoisotopic (exact) mass is 236 g/mol. The molecule has 3 N–H and O–H groups in total. The van der Waals surface area contributed by atoms with Crippen molar-refractivity contribution in [3.05, 3.63) is 0 Å². The second kappa shape index (κ2) is 5.71. The molecule has 0 aromatic heterocycles. The van der Waals surface area contributed by atoms with E-state index in [1.54, 1.807) is 6.92 Å². The molecule has 0 radical (unpaired) electrons. The van der Waals surface area contributed by atoms with Gasteiger partial charge in [0.15, 0.2) is 14.1 Å². The van der Waals surface area contributed by atoms with E-state index >= 15 is 0 Å². The highest BCUT2D eigenvalue weighted by molar-refractivity contribution is 6.69. The van der Waals surface area contributed by atoms with Gasteiger partial charge in [-0.05, 0) is 26.6 Å². The molecule has 0 rings (SSSR count). The summed E-state index contributed by atoms with van der Waals surface area (Å²) in [5, 5.41) is 27.4. The van der Waals surface area contributed by atoms with Crippen molar-refractivity contribution in [1.82, 2.24) is 0 Å². The summed E-state index contributed by atoms with van der Waals surface area (Å²) < 4.78 is 5.51. The maximum Gasteiger partial charge on any atom is 0.189 e. The van der Waals surface area contributed by atoms with Crippen LogP contribution < -0.4 is 0 Å². The molecule has 5 nitrogen and oxygen atoms in total. The van der Waals surface area contributed by atoms with Gasteiger partial charge in [0.25, 0.3) is 0 Å². The molecule has 0 aromatic rings. The molecular weight excluding hydrogens is 216 g/mol. The molecule has 0 bridgehead atoms. The molecule has 0 aliphatic carbocycles. The van der Waals surface area contributed by atoms with Crippen LogP contribution in [0, 0.1) is 0 Å². The lowest BCUT2D eigenvalue weighted by Crippen LogP contribution is -2.46. The van der Waals surface area contributed by atoms with E-state index in [0.29, 0.717) is 0 Å². The number of ketones is 1. The van der Waals surface area contributed by atoms with Crippen molar-refractivity contribution in [3.8, 4) is 0 Å². The standard InChI is InChI=1S/C9H20O5Si/c1-6(14-15(2,3)4)8(12)9(13)7(11)5-10/h6,8-10,12-13H,5H2,1-4H3/t6-,8-,9-/m0/s1. The van der Waals surface area contributed by atoms with E-state index in [1.807, 2.05) is 19.6 Å². The average Bonchev–Trinajstić information content (AvgIpc) is 2.11. The van der Waals surface area contributed by atoms with Crippen molar-refractivity contribution in [2.24, 2.45) is 0 Å². The number of carbonyl (C=O) groups is 1. The fourth-order valence-corrected chi connectivity index (χ4v) is 2.42. The Balaban J connectivity index is 4.31. The SMILES string of the molecule is C[C@H](O[Si](C)(C)C)[C@H](O)[C@@H](O)C(=O)CO. The normalized spacial score (nSPS) is 18.3. The van der Waals surface area contributed by atoms with Gasteiger partial charge >= 0.3 is 0 Å². The molecule has 0 amide bonds. The summed E-state index contributed by atoms with van der Waals surface area (Å²) in [5.41, 5.74) is 0. The first-order valence-corrected chi connectivity index (χ1v) is 8.27. The van der Waals surface area contributed by atoms with Gasteiger partial charge < -0.3 is 19.7 Å². The van der Waals surface area contributed by atoms with Crippen molar-refractivity contribution in [2.45, 2.75) is 44.9 Å². The Bertz CT molecular complexity index is 213. The van der Waals surface area contributed by atoms with Crippen LogP contribution in [0.1, 0.15) is 6.92 Å². The van der Waals surface area contributed by atoms with Crippen molar-refractivity contribution in [1.29, 1.82) is 0 Å². The fraction of sp³-hybridized carbons (Fsp3) is 0.889. The fourth-order valence-electron chi connectivity index (χ4n) is 1.17. The Morgan fingerprint density at radius 3 is 2.13 bits per heavy atom. The molecule has 6 heteroatoms. The van der Waals surface area contributed by atoms with Crippen LogP contribution in [-0.4, -0.2) is 54.3 Å². The lowest BCUT2D eigenvalue weighted by molar-refractivity contribution is -0.139. The summed E-state index contributed by atoms with van der Waals surface area (Å²) in [7, 11) is -1.82. The third-order valence-electron chi connectivity index (χ3n) is 1.83. The van der Waals surface area contributed by atoms with Gasteiger partial charge in [-0.2, -0.15) is 0 Å². The van der Waals surface area contributed by atoms with E-state index < -0.39 is 39.0 Å². The number of hydrogen-bond acceptors (Lipinski definition) is 5. The van der Waals surface area contributed by atoms with Crippen LogP contribution in [0.3, 0.4) is 0 Å². The average molecular weight is 236 g/mol. The topological polar surface area (TPSA) is 87.0 Å². The van der Waals surface area contributed by atoms with Crippen LogP contribution in [0.2, 0.25) is 19.6 Å². The van der Waals surface area contributed by atoms with Gasteiger partial charge in [-0.25, -0.2) is 0 Å². The van der Waals surface area contributed by atoms with Crippen molar-refractivity contribution < 1.29 is 24.5 Å². The number of aliphatic hydroxyl groups excluding tert-OH is 3. The molecule has 0 spiro atoms. The van der Waals surface area contributed by atoms with Crippen molar-refractivity contribution >= 4 is 14.1 Å². The van der Waals surface area contributed by atoms with Crippen LogP contribution in [0.4, 0.5) is 0 Å². The highest BCUT2D eigenvalue weighted by atomic mass is 28.4. The molecule has 0 heterocycles. The predicted molar refractivity (Wildman–Crippen MR) is 58.0 cm³/mol. The van der Waals surface area contributed by atoms with Crippen molar-refractivity contribution in [3.63, 3.8) is 0 Å². The van der Waals surface area contributed by atoms with Gasteiger partial charge in [0.2, 0.25) is 0 Å². The van der Waals surface area contributed by atoms with E-state index in [2.05, 4.69) is 0 Å². The molecule has 0 saturated carbocycles. The Morgan fingerprint density at radius 2 is 1.80 bits per heavy atom. The van der Waals surface area contributed by atoms with Gasteiger partial charge in [-0.1, -0.05) is 0 Å². The smallest absolute Gasteiger partial charge is 0.189 e. The number of hydrogen-bond donors (Lipinski definition) is 3. The van der Waals surface area contributed by atoms with Crippen LogP contribution in [0.5, 0.6) is 0 Å². The molecular formula is C9H20O5Si. The van der Waals surface area contributed by atoms with E-state index in [0.717, 1.165) is 0 Å². The maximum atomic E-state index is 10.9. The minimum atomic E-state index is -1.82. The molecule has 0 aliphatic rings. The largest absolute Gasteiger partial charge is 0.412 e. The van der Waals surface area contributed by atoms with Crippen molar-refractivity contribution in [2.75, 3.05) is 6.61 Å². The molecule has 0 saturated heterocycles. The molecule has 0 unspecified atom stereocenters. The summed E-state index contributed by atoms with van der Waals surface area (Å²) in [6.45, 7) is 6.64. The minimum Gasteiger partial charge on any atom is -0.412 e. The van der Waals surface area contributed by atoms with E-state index in [4.69, 9.17) is 9.53 Å². The summed E-state index contributed by atoms with van der Waals surface area (Å²) in [6.07, 6.45) is -3.50. The Hall–Kier alpha value is -0.273. The van der Waals surface area contributed by atoms with E-state index in [-0.39, 0.29) is 0 Å². The summed E-state index contributed by atoms with van der Waals surface area (Å²) in [4.78, 5) is 10.9. The zero-order chi connectivity index (χ0) is 12.2. The molecule has 15 heavy (non-hydrogen) atoms. The second-order valence-electron chi connectivity index (χ2n) is 4.50. The molecule has 0 aromatic carbocycles. The van der Waals surface area contributed by atoms with Gasteiger partial charge in [0.1, 0.15) is 18.8 Å². The van der Waals surface area contributed by atoms with Gasteiger partial charge in [-0.3, -0.25) is 4.79 Å². The molecule has 90 valence electrons. The summed E-state index contributed by atoms with van der Waals surface area (Å²) in [6, 6.07) is 0. The third-order valence-corrected chi connectivity index (χ3v) is 2.91. The Morgan fingerprint density at radius 1 is 1.33 bits per heavy atom. The number of Topliss-reactive ketones (excluding diaryl/α,β-unsaturated/α-hetero) is 1. The molecule has 3 atom stereocenters. The Kier molecular flexibility index (Phi) is 5.61. The third kappa shape index (κ3) is 5.38. The molecule has 0 fully saturated rings. The zero-order valence-corrected chi connectivity index (χ0v) is 10.6. The Labute approximate surface area is 90.8 Å². The predicted octanol–water partition coefficient (Wildman–Crippen LogP) is -0.490. The highest BCUT2D eigenvalue weighted by Crippen LogP contribution is 2.12. The lowest BCUT2D eigenvalue weighted by Gasteiger charge is -2.28. The summed E-state index contributed by atoms with van der Waals surface area (Å²) >= 11 is 0. The number of aliphatic hydroxyl groups is 3. The van der Waals surface area contributed by atoms with Crippen LogP contribution in [0.15, 0.2) is 0 Å². The van der Waals surface area contributed by atoms with E-state index in [9.17, 15) is 15.0 Å². The number of rotatable bonds is 6. The first-order valence-electron chi connectivity index (χ1n) is 4.86. The minimum absolute atomic E-state index is 0.623. The zero-order valence-electron chi connectivity index (χ0n) is 9.60. The highest BCUT2D eigenvalue weighted by Gasteiger charge is 2.31. The van der Waals surface area contributed by atoms with Crippen LogP contribution in [0.25, 0.3) is 0 Å². The van der Waals surface area contributed by atoms with Crippen LogP contribution in [-0.2, 0) is 9.22 Å². The quantitative estimate of drug-likeness (QED) is 0.542. The van der Waals surface area contributed by atoms with Gasteiger partial charge in [-0.15, -0.1) is 0 Å². The lowest BCUT2D eigenvalue weighted by atomic mass is 10.1. The second-order valence-corrected chi connectivity index (χ2v) is 8.96.